The fourth-order valence-electron chi connectivity index (χ4n) is 1.21. The van der Waals surface area contributed by atoms with Gasteiger partial charge in [0.2, 0.25) is 0 Å². The first-order valence-electron chi connectivity index (χ1n) is 4.90. The molecule has 0 fully saturated rings. The van der Waals surface area contributed by atoms with Crippen LogP contribution in [0, 0.1) is 12.7 Å². The Morgan fingerprint density at radius 3 is 2.71 bits per heavy atom. The number of anilines is 1. The van der Waals surface area contributed by atoms with Gasteiger partial charge in [0.05, 0.1) is 0 Å². The van der Waals surface area contributed by atoms with Gasteiger partial charge in [0, 0.05) is 12.7 Å². The number of hydrogen-bond donors (Lipinski definition) is 2. The lowest BCUT2D eigenvalue weighted by Crippen LogP contribution is -2.35. The zero-order valence-electron chi connectivity index (χ0n) is 9.53. The summed E-state index contributed by atoms with van der Waals surface area (Å²) in [7, 11) is 1.35. The number of rotatable bonds is 3. The van der Waals surface area contributed by atoms with Crippen LogP contribution < -0.4 is 5.32 Å². The summed E-state index contributed by atoms with van der Waals surface area (Å²) in [4.78, 5) is 22.9. The van der Waals surface area contributed by atoms with E-state index in [9.17, 15) is 14.0 Å². The topological polar surface area (TPSA) is 69.6 Å². The number of hydrogen-bond acceptors (Lipinski definition) is 2. The lowest BCUT2D eigenvalue weighted by atomic mass is 10.2. The van der Waals surface area contributed by atoms with E-state index in [2.05, 4.69) is 5.32 Å². The van der Waals surface area contributed by atoms with Crippen molar-refractivity contribution in [1.82, 2.24) is 4.90 Å². The molecule has 2 N–H and O–H groups in total. The highest BCUT2D eigenvalue weighted by molar-refractivity contribution is 5.91. The van der Waals surface area contributed by atoms with E-state index >= 15 is 0 Å². The number of carboxylic acid groups (broad SMARTS) is 1. The molecule has 1 aromatic rings. The average molecular weight is 240 g/mol. The number of carbonyl (C=O) groups is 2. The summed E-state index contributed by atoms with van der Waals surface area (Å²) in [6, 6.07) is 3.40. The van der Waals surface area contributed by atoms with Crippen molar-refractivity contribution in [3.8, 4) is 0 Å². The van der Waals surface area contributed by atoms with Gasteiger partial charge in [-0.25, -0.2) is 9.18 Å². The molecule has 0 atom stereocenters. The zero-order chi connectivity index (χ0) is 13.0. The summed E-state index contributed by atoms with van der Waals surface area (Å²) < 4.78 is 12.9. The maximum atomic E-state index is 12.9. The Morgan fingerprint density at radius 1 is 1.47 bits per heavy atom. The molecular formula is C11H13FN2O3. The quantitative estimate of drug-likeness (QED) is 0.844. The molecule has 0 saturated carbocycles. The van der Waals surface area contributed by atoms with Crippen molar-refractivity contribution < 1.29 is 19.1 Å². The van der Waals surface area contributed by atoms with Crippen molar-refractivity contribution in [3.05, 3.63) is 29.6 Å². The van der Waals surface area contributed by atoms with Gasteiger partial charge in [0.1, 0.15) is 12.4 Å². The highest BCUT2D eigenvalue weighted by atomic mass is 19.1. The Hall–Kier alpha value is -2.11. The fraction of sp³-hybridized carbons (Fsp3) is 0.273. The van der Waals surface area contributed by atoms with Crippen molar-refractivity contribution >= 4 is 17.7 Å². The van der Waals surface area contributed by atoms with E-state index in [0.717, 1.165) is 4.90 Å². The van der Waals surface area contributed by atoms with Crippen LogP contribution in [0.1, 0.15) is 5.56 Å². The number of halogens is 1. The lowest BCUT2D eigenvalue weighted by molar-refractivity contribution is -0.137. The molecule has 2 amide bonds. The van der Waals surface area contributed by atoms with E-state index in [1.54, 1.807) is 6.92 Å². The van der Waals surface area contributed by atoms with Gasteiger partial charge in [-0.15, -0.1) is 0 Å². The second kappa shape index (κ2) is 5.29. The summed E-state index contributed by atoms with van der Waals surface area (Å²) in [6.07, 6.45) is 0. The van der Waals surface area contributed by atoms with E-state index in [0.29, 0.717) is 11.3 Å². The predicted molar refractivity (Wildman–Crippen MR) is 60.4 cm³/mol. The van der Waals surface area contributed by atoms with Crippen LogP contribution >= 0.6 is 0 Å². The number of nitrogens with one attached hydrogen (secondary N) is 1. The van der Waals surface area contributed by atoms with Crippen molar-refractivity contribution in [2.45, 2.75) is 6.92 Å². The maximum absolute atomic E-state index is 12.9. The summed E-state index contributed by atoms with van der Waals surface area (Å²) in [5.41, 5.74) is 1.02. The largest absolute Gasteiger partial charge is 0.480 e. The second-order valence-corrected chi connectivity index (χ2v) is 3.64. The molecular weight excluding hydrogens is 227 g/mol. The van der Waals surface area contributed by atoms with Gasteiger partial charge in [0.25, 0.3) is 0 Å². The number of carboxylic acids is 1. The van der Waals surface area contributed by atoms with Crippen LogP contribution in [0.5, 0.6) is 0 Å². The van der Waals surface area contributed by atoms with Gasteiger partial charge in [-0.05, 0) is 24.6 Å². The van der Waals surface area contributed by atoms with Gasteiger partial charge in [-0.1, -0.05) is 6.07 Å². The molecule has 0 radical (unpaired) electrons. The monoisotopic (exact) mass is 240 g/mol. The van der Waals surface area contributed by atoms with Gasteiger partial charge in [0.15, 0.2) is 0 Å². The molecule has 0 aliphatic carbocycles. The van der Waals surface area contributed by atoms with Crippen LogP contribution in [-0.2, 0) is 4.79 Å². The number of nitrogens with zero attached hydrogens (tertiary/aromatic N) is 1. The molecule has 1 rings (SSSR count). The zero-order valence-corrected chi connectivity index (χ0v) is 9.53. The molecule has 1 aromatic carbocycles. The van der Waals surface area contributed by atoms with Crippen molar-refractivity contribution in [1.29, 1.82) is 0 Å². The minimum atomic E-state index is -1.11. The molecule has 0 spiro atoms. The fourth-order valence-corrected chi connectivity index (χ4v) is 1.21. The summed E-state index contributed by atoms with van der Waals surface area (Å²) >= 11 is 0. The van der Waals surface area contributed by atoms with E-state index < -0.39 is 24.4 Å². The van der Waals surface area contributed by atoms with Crippen LogP contribution in [0.3, 0.4) is 0 Å². The minimum Gasteiger partial charge on any atom is -0.480 e. The number of carbonyl (C=O) groups excluding carboxylic acids is 1. The second-order valence-electron chi connectivity index (χ2n) is 3.64. The van der Waals surface area contributed by atoms with Crippen LogP contribution in [-0.4, -0.2) is 35.6 Å². The Labute approximate surface area is 97.8 Å². The standard InChI is InChI=1S/C11H13FN2O3/c1-7-3-4-8(12)5-9(7)13-11(17)14(2)6-10(15)16/h3-5H,6H2,1-2H3,(H,13,17)(H,15,16). The van der Waals surface area contributed by atoms with Gasteiger partial charge in [-0.2, -0.15) is 0 Å². The molecule has 0 aromatic heterocycles. The molecule has 0 saturated heterocycles. The summed E-state index contributed by atoms with van der Waals surface area (Å²) in [5.74, 6) is -1.58. The number of benzene rings is 1. The molecule has 0 unspecified atom stereocenters. The molecule has 92 valence electrons. The van der Waals surface area contributed by atoms with E-state index in [-0.39, 0.29) is 0 Å². The average Bonchev–Trinajstić information content (AvgIpc) is 2.22. The number of amides is 2. The third-order valence-electron chi connectivity index (χ3n) is 2.16. The lowest BCUT2D eigenvalue weighted by Gasteiger charge is -2.16. The predicted octanol–water partition coefficient (Wildman–Crippen LogP) is 1.68. The smallest absolute Gasteiger partial charge is 0.323 e. The number of aliphatic carboxylic acids is 1. The number of urea groups is 1. The Morgan fingerprint density at radius 2 is 2.12 bits per heavy atom. The third-order valence-corrected chi connectivity index (χ3v) is 2.16. The molecule has 17 heavy (non-hydrogen) atoms. The first-order chi connectivity index (χ1) is 7.90. The first kappa shape index (κ1) is 13.0. The van der Waals surface area contributed by atoms with E-state index in [4.69, 9.17) is 5.11 Å². The summed E-state index contributed by atoms with van der Waals surface area (Å²) in [5, 5.41) is 11.0. The van der Waals surface area contributed by atoms with Crippen LogP contribution in [0.4, 0.5) is 14.9 Å². The molecule has 5 nitrogen and oxygen atoms in total. The van der Waals surface area contributed by atoms with Crippen LogP contribution in [0.15, 0.2) is 18.2 Å². The number of likely N-dealkylation sites (N-methyl/N-ethyl adjacent to an activating group) is 1. The number of aryl methyl sites for hydroxylation is 1. The molecule has 0 heterocycles. The van der Waals surface area contributed by atoms with Crippen molar-refractivity contribution in [2.75, 3.05) is 18.9 Å². The van der Waals surface area contributed by atoms with E-state index in [1.165, 1.54) is 25.2 Å². The van der Waals surface area contributed by atoms with Gasteiger partial charge >= 0.3 is 12.0 Å². The first-order valence-corrected chi connectivity index (χ1v) is 4.90. The SMILES string of the molecule is Cc1ccc(F)cc1NC(=O)N(C)CC(=O)O. The van der Waals surface area contributed by atoms with Crippen molar-refractivity contribution in [3.63, 3.8) is 0 Å². The summed E-state index contributed by atoms with van der Waals surface area (Å²) in [6.45, 7) is 1.30. The van der Waals surface area contributed by atoms with Crippen LogP contribution in [0.25, 0.3) is 0 Å². The molecule has 6 heteroatoms. The van der Waals surface area contributed by atoms with Gasteiger partial charge < -0.3 is 15.3 Å². The molecule has 0 bridgehead atoms. The van der Waals surface area contributed by atoms with Crippen LogP contribution in [0.2, 0.25) is 0 Å². The van der Waals surface area contributed by atoms with E-state index in [1.807, 2.05) is 0 Å². The van der Waals surface area contributed by atoms with Gasteiger partial charge in [-0.3, -0.25) is 4.79 Å². The molecule has 0 aliphatic heterocycles. The molecule has 0 aliphatic rings. The third kappa shape index (κ3) is 3.75. The Balaban J connectivity index is 2.73. The normalized spacial score (nSPS) is 9.82. The van der Waals surface area contributed by atoms with Crippen molar-refractivity contribution in [2.24, 2.45) is 0 Å². The Bertz CT molecular complexity index is 448. The highest BCUT2D eigenvalue weighted by Crippen LogP contribution is 2.16. The highest BCUT2D eigenvalue weighted by Gasteiger charge is 2.13. The maximum Gasteiger partial charge on any atom is 0.323 e. The minimum absolute atomic E-state index is 0.326. The Kier molecular flexibility index (Phi) is 4.03.